The monoisotopic (exact) mass is 503 g/mol. The maximum atomic E-state index is 14.6. The lowest BCUT2D eigenvalue weighted by molar-refractivity contribution is 0.421. The Morgan fingerprint density at radius 3 is 2.23 bits per heavy atom. The lowest BCUT2D eigenvalue weighted by atomic mass is 10.1. The van der Waals surface area contributed by atoms with Gasteiger partial charge in [-0.1, -0.05) is 18.2 Å². The van der Waals surface area contributed by atoms with E-state index in [1.54, 1.807) is 0 Å². The third-order valence-corrected chi connectivity index (χ3v) is 6.92. The fourth-order valence-electron chi connectivity index (χ4n) is 3.92. The largest absolute Gasteiger partial charge is 0.373 e. The first kappa shape index (κ1) is 22.7. The summed E-state index contributed by atoms with van der Waals surface area (Å²) in [5.41, 5.74) is 1.44. The molecule has 12 heteroatoms. The molecule has 180 valence electrons. The van der Waals surface area contributed by atoms with Gasteiger partial charge in [0.15, 0.2) is 28.2 Å². The number of nitrogens with zero attached hydrogens (tertiary/aromatic N) is 2. The zero-order valence-electron chi connectivity index (χ0n) is 18.2. The van der Waals surface area contributed by atoms with Gasteiger partial charge in [-0.2, -0.15) is 5.10 Å². The van der Waals surface area contributed by atoms with Crippen molar-refractivity contribution in [1.82, 2.24) is 15.2 Å². The van der Waals surface area contributed by atoms with Crippen molar-refractivity contribution in [3.63, 3.8) is 0 Å². The fraction of sp³-hybridized carbons (Fsp3) is 0.0870. The number of para-hydroxylation sites is 1. The molecule has 5 aromatic rings. The predicted molar refractivity (Wildman–Crippen MR) is 125 cm³/mol. The molecule has 0 atom stereocenters. The summed E-state index contributed by atoms with van der Waals surface area (Å²) in [5, 5.41) is 8.54. The number of hydrogen-bond donors (Lipinski definition) is 3. The van der Waals surface area contributed by atoms with Crippen molar-refractivity contribution in [3.8, 4) is 11.4 Å². The van der Waals surface area contributed by atoms with E-state index in [1.807, 2.05) is 35.1 Å². The second-order valence-corrected chi connectivity index (χ2v) is 9.66. The molecule has 0 bridgehead atoms. The minimum atomic E-state index is -5.05. The number of H-pyrrole nitrogens is 2. The first-order valence-corrected chi connectivity index (χ1v) is 11.7. The van der Waals surface area contributed by atoms with Crippen LogP contribution < -0.4 is 9.62 Å². The average Bonchev–Trinajstić information content (AvgIpc) is 3.40. The molecule has 0 saturated carbocycles. The van der Waals surface area contributed by atoms with Gasteiger partial charge in [0.05, 0.1) is 11.2 Å². The number of nitrogens with one attached hydrogen (secondary N) is 3. The number of benzene rings is 3. The molecule has 0 aliphatic heterocycles. The predicted octanol–water partition coefficient (Wildman–Crippen LogP) is 5.13. The highest BCUT2D eigenvalue weighted by Gasteiger charge is 2.34. The number of aromatic nitrogens is 3. The highest BCUT2D eigenvalue weighted by Crippen LogP contribution is 2.34. The smallest absolute Gasteiger partial charge is 0.267 e. The van der Waals surface area contributed by atoms with Gasteiger partial charge in [0.25, 0.3) is 10.0 Å². The Balaban J connectivity index is 1.58. The van der Waals surface area contributed by atoms with Gasteiger partial charge in [0.2, 0.25) is 0 Å². The van der Waals surface area contributed by atoms with Crippen LogP contribution in [0.5, 0.6) is 0 Å². The summed E-state index contributed by atoms with van der Waals surface area (Å²) in [6.07, 6.45) is 0. The third-order valence-electron chi connectivity index (χ3n) is 5.52. The molecule has 0 aliphatic rings. The zero-order valence-corrected chi connectivity index (χ0v) is 19.1. The highest BCUT2D eigenvalue weighted by molar-refractivity contribution is 7.92. The molecule has 3 aromatic carbocycles. The van der Waals surface area contributed by atoms with E-state index in [0.29, 0.717) is 22.3 Å². The lowest BCUT2D eigenvalue weighted by Gasteiger charge is -2.18. The third kappa shape index (κ3) is 3.66. The quantitative estimate of drug-likeness (QED) is 0.229. The minimum absolute atomic E-state index is 0.0902. The Labute approximate surface area is 196 Å². The highest BCUT2D eigenvalue weighted by atomic mass is 32.2. The maximum Gasteiger partial charge on any atom is 0.267 e. The summed E-state index contributed by atoms with van der Waals surface area (Å²) < 4.78 is 85.6. The van der Waals surface area contributed by atoms with Gasteiger partial charge in [-0.25, -0.2) is 26.0 Å². The summed E-state index contributed by atoms with van der Waals surface area (Å²) >= 11 is 0. The van der Waals surface area contributed by atoms with E-state index < -0.39 is 43.9 Å². The molecular weight excluding hydrogens is 486 g/mol. The summed E-state index contributed by atoms with van der Waals surface area (Å²) in [7, 11) is -2.72. The van der Waals surface area contributed by atoms with Gasteiger partial charge in [-0.15, -0.1) is 0 Å². The maximum absolute atomic E-state index is 14.6. The molecule has 5 rings (SSSR count). The standard InChI is InChI=1S/C23H17F4N5O2S/c1-32(2)22-17(24)19(26)23(20(27)18(22)25)35(33,34)31-12-7-8-15-13(10-12)21(30-29-15)16-9-11-5-3-4-6-14(11)28-16/h3-10,28,31H,1-2H3,(H,29,30). The van der Waals surface area contributed by atoms with Gasteiger partial charge in [-0.05, 0) is 30.3 Å². The topological polar surface area (TPSA) is 93.9 Å². The van der Waals surface area contributed by atoms with Crippen molar-refractivity contribution in [2.45, 2.75) is 4.90 Å². The number of fused-ring (bicyclic) bond motifs is 2. The van der Waals surface area contributed by atoms with E-state index in [9.17, 15) is 26.0 Å². The van der Waals surface area contributed by atoms with E-state index in [1.165, 1.54) is 18.2 Å². The molecule has 0 amide bonds. The van der Waals surface area contributed by atoms with Crippen molar-refractivity contribution in [3.05, 3.63) is 71.8 Å². The SMILES string of the molecule is CN(C)c1c(F)c(F)c(S(=O)(=O)Nc2ccc3[nH]nc(-c4cc5ccccc5[nH]4)c3c2)c(F)c1F. The molecule has 2 heterocycles. The molecule has 0 fully saturated rings. The van der Waals surface area contributed by atoms with E-state index in [0.717, 1.165) is 29.9 Å². The number of sulfonamides is 1. The fourth-order valence-corrected chi connectivity index (χ4v) is 5.11. The Morgan fingerprint density at radius 1 is 0.886 bits per heavy atom. The molecule has 0 spiro atoms. The molecular formula is C23H17F4N5O2S. The van der Waals surface area contributed by atoms with Crippen molar-refractivity contribution in [2.75, 3.05) is 23.7 Å². The normalized spacial score (nSPS) is 11.9. The first-order valence-electron chi connectivity index (χ1n) is 10.2. The van der Waals surface area contributed by atoms with Crippen LogP contribution >= 0.6 is 0 Å². The molecule has 0 saturated heterocycles. The van der Waals surface area contributed by atoms with Gasteiger partial charge in [0, 0.05) is 36.1 Å². The van der Waals surface area contributed by atoms with Gasteiger partial charge in [0.1, 0.15) is 11.4 Å². The number of hydrogen-bond acceptors (Lipinski definition) is 4. The Morgan fingerprint density at radius 2 is 1.57 bits per heavy atom. The van der Waals surface area contributed by atoms with Crippen LogP contribution in [-0.2, 0) is 10.0 Å². The molecule has 35 heavy (non-hydrogen) atoms. The molecule has 0 radical (unpaired) electrons. The van der Waals surface area contributed by atoms with Crippen LogP contribution in [0.1, 0.15) is 0 Å². The van der Waals surface area contributed by atoms with Crippen LogP contribution in [0.25, 0.3) is 33.2 Å². The van der Waals surface area contributed by atoms with E-state index in [2.05, 4.69) is 15.2 Å². The van der Waals surface area contributed by atoms with Crippen LogP contribution in [0.2, 0.25) is 0 Å². The van der Waals surface area contributed by atoms with Crippen LogP contribution in [0.15, 0.2) is 53.4 Å². The first-order chi connectivity index (χ1) is 16.6. The van der Waals surface area contributed by atoms with Gasteiger partial charge in [-0.3, -0.25) is 9.82 Å². The summed E-state index contributed by atoms with van der Waals surface area (Å²) in [4.78, 5) is 2.27. The van der Waals surface area contributed by atoms with Crippen molar-refractivity contribution >= 4 is 43.2 Å². The molecule has 2 aromatic heterocycles. The number of rotatable bonds is 5. The Kier molecular flexibility index (Phi) is 5.20. The van der Waals surface area contributed by atoms with Crippen LogP contribution in [-0.4, -0.2) is 37.7 Å². The van der Waals surface area contributed by atoms with Crippen molar-refractivity contribution < 1.29 is 26.0 Å². The van der Waals surface area contributed by atoms with Crippen molar-refractivity contribution in [2.24, 2.45) is 0 Å². The van der Waals surface area contributed by atoms with E-state index in [4.69, 9.17) is 0 Å². The van der Waals surface area contributed by atoms with Crippen LogP contribution in [0.3, 0.4) is 0 Å². The molecule has 0 aliphatic carbocycles. The zero-order chi connectivity index (χ0) is 25.1. The molecule has 3 N–H and O–H groups in total. The van der Waals surface area contributed by atoms with Crippen LogP contribution in [0.4, 0.5) is 28.9 Å². The second kappa shape index (κ2) is 8.01. The lowest BCUT2D eigenvalue weighted by Crippen LogP contribution is -2.22. The molecule has 0 unspecified atom stereocenters. The van der Waals surface area contributed by atoms with Crippen molar-refractivity contribution in [1.29, 1.82) is 0 Å². The number of halogens is 4. The van der Waals surface area contributed by atoms with Crippen LogP contribution in [0, 0.1) is 23.3 Å². The number of aromatic amines is 2. The minimum Gasteiger partial charge on any atom is -0.373 e. The Hall–Kier alpha value is -4.06. The average molecular weight is 503 g/mol. The molecule has 7 nitrogen and oxygen atoms in total. The second-order valence-electron chi connectivity index (χ2n) is 8.04. The van der Waals surface area contributed by atoms with E-state index in [-0.39, 0.29) is 5.69 Å². The summed E-state index contributed by atoms with van der Waals surface area (Å²) in [6, 6.07) is 13.6. The number of anilines is 2. The summed E-state index contributed by atoms with van der Waals surface area (Å²) in [6.45, 7) is 0. The van der Waals surface area contributed by atoms with Gasteiger partial charge < -0.3 is 9.88 Å². The van der Waals surface area contributed by atoms with E-state index >= 15 is 0 Å². The Bertz CT molecular complexity index is 1670. The summed E-state index contributed by atoms with van der Waals surface area (Å²) in [5.74, 6) is -7.69. The van der Waals surface area contributed by atoms with Gasteiger partial charge >= 0.3 is 0 Å².